The molecule has 5 heteroatoms. The van der Waals surface area contributed by atoms with Crippen molar-refractivity contribution in [2.45, 2.75) is 39.3 Å². The Bertz CT molecular complexity index is 600. The highest BCUT2D eigenvalue weighted by molar-refractivity contribution is 7.15. The fourth-order valence-electron chi connectivity index (χ4n) is 2.26. The van der Waals surface area contributed by atoms with Crippen molar-refractivity contribution in [3.05, 3.63) is 45.4 Å². The number of hydrogen-bond acceptors (Lipinski definition) is 4. The van der Waals surface area contributed by atoms with E-state index in [0.717, 1.165) is 39.1 Å². The molecule has 0 aliphatic carbocycles. The smallest absolute Gasteiger partial charge is 0.186 e. The number of aliphatic hydroxyl groups excluding tert-OH is 1. The first-order valence-electron chi connectivity index (χ1n) is 7.15. The number of aliphatic hydroxyl groups is 1. The Hall–Kier alpha value is -1.10. The molecule has 0 fully saturated rings. The van der Waals surface area contributed by atoms with Gasteiger partial charge in [0.1, 0.15) is 0 Å². The molecule has 0 aliphatic rings. The lowest BCUT2D eigenvalue weighted by Crippen LogP contribution is -2.21. The zero-order valence-electron chi connectivity index (χ0n) is 12.6. The predicted molar refractivity (Wildman–Crippen MR) is 90.3 cm³/mol. The molecule has 0 aliphatic heterocycles. The molecular weight excluding hydrogens is 304 g/mol. The highest BCUT2D eigenvalue weighted by Gasteiger charge is 2.19. The van der Waals surface area contributed by atoms with Crippen LogP contribution in [0.5, 0.6) is 0 Å². The maximum atomic E-state index is 9.47. The van der Waals surface area contributed by atoms with Gasteiger partial charge in [-0.3, -0.25) is 0 Å². The number of aryl methyl sites for hydroxylation is 1. The Kier molecular flexibility index (Phi) is 5.62. The van der Waals surface area contributed by atoms with Crippen molar-refractivity contribution in [3.63, 3.8) is 0 Å². The van der Waals surface area contributed by atoms with Crippen molar-refractivity contribution in [3.8, 4) is 0 Å². The van der Waals surface area contributed by atoms with Gasteiger partial charge in [0, 0.05) is 12.1 Å². The van der Waals surface area contributed by atoms with Crippen LogP contribution in [0.1, 0.15) is 42.4 Å². The van der Waals surface area contributed by atoms with E-state index < -0.39 is 0 Å². The molecule has 114 valence electrons. The Morgan fingerprint density at radius 2 is 2.10 bits per heavy atom. The van der Waals surface area contributed by atoms with Crippen LogP contribution in [0.3, 0.4) is 0 Å². The number of rotatable bonds is 6. The van der Waals surface area contributed by atoms with E-state index in [-0.39, 0.29) is 12.6 Å². The van der Waals surface area contributed by atoms with Gasteiger partial charge in [-0.05, 0) is 25.0 Å². The molecule has 0 saturated carbocycles. The predicted octanol–water partition coefficient (Wildman–Crippen LogP) is 4.44. The Balaban J connectivity index is 2.27. The van der Waals surface area contributed by atoms with Gasteiger partial charge in [0.25, 0.3) is 0 Å². The Morgan fingerprint density at radius 1 is 1.38 bits per heavy atom. The SMILES string of the molecule is CCCc1nc(N(C)C(C)c2ccccc2Cl)sc1CO. The first kappa shape index (κ1) is 16.3. The highest BCUT2D eigenvalue weighted by Crippen LogP contribution is 2.33. The van der Waals surface area contributed by atoms with Gasteiger partial charge in [-0.2, -0.15) is 0 Å². The lowest BCUT2D eigenvalue weighted by atomic mass is 10.1. The number of anilines is 1. The second kappa shape index (κ2) is 7.25. The number of benzene rings is 1. The van der Waals surface area contributed by atoms with E-state index in [9.17, 15) is 5.11 Å². The summed E-state index contributed by atoms with van der Waals surface area (Å²) in [6.07, 6.45) is 1.93. The Morgan fingerprint density at radius 3 is 2.71 bits per heavy atom. The van der Waals surface area contributed by atoms with Gasteiger partial charge < -0.3 is 10.0 Å². The largest absolute Gasteiger partial charge is 0.391 e. The van der Waals surface area contributed by atoms with Gasteiger partial charge in [-0.1, -0.05) is 54.5 Å². The topological polar surface area (TPSA) is 36.4 Å². The van der Waals surface area contributed by atoms with Crippen LogP contribution in [0.15, 0.2) is 24.3 Å². The zero-order valence-corrected chi connectivity index (χ0v) is 14.2. The van der Waals surface area contributed by atoms with Crippen LogP contribution >= 0.6 is 22.9 Å². The van der Waals surface area contributed by atoms with Crippen molar-refractivity contribution in [2.24, 2.45) is 0 Å². The maximum Gasteiger partial charge on any atom is 0.186 e. The van der Waals surface area contributed by atoms with E-state index in [1.54, 1.807) is 11.3 Å². The quantitative estimate of drug-likeness (QED) is 0.853. The molecule has 1 heterocycles. The molecule has 1 aromatic carbocycles. The average Bonchev–Trinajstić information content (AvgIpc) is 2.90. The van der Waals surface area contributed by atoms with Crippen LogP contribution < -0.4 is 4.90 Å². The number of halogens is 1. The van der Waals surface area contributed by atoms with Gasteiger partial charge in [-0.25, -0.2) is 4.98 Å². The van der Waals surface area contributed by atoms with E-state index in [1.807, 2.05) is 31.3 Å². The molecule has 0 amide bonds. The molecule has 2 aromatic rings. The molecule has 3 nitrogen and oxygen atoms in total. The van der Waals surface area contributed by atoms with E-state index >= 15 is 0 Å². The Labute approximate surface area is 135 Å². The van der Waals surface area contributed by atoms with E-state index in [4.69, 9.17) is 11.6 Å². The minimum Gasteiger partial charge on any atom is -0.391 e. The fraction of sp³-hybridized carbons (Fsp3) is 0.438. The molecule has 1 unspecified atom stereocenters. The molecule has 21 heavy (non-hydrogen) atoms. The molecular formula is C16H21ClN2OS. The van der Waals surface area contributed by atoms with Crippen LogP contribution in [0, 0.1) is 0 Å². The van der Waals surface area contributed by atoms with E-state index in [2.05, 4.69) is 23.7 Å². The molecule has 2 rings (SSSR count). The van der Waals surface area contributed by atoms with Gasteiger partial charge in [0.15, 0.2) is 5.13 Å². The molecule has 0 radical (unpaired) electrons. The van der Waals surface area contributed by atoms with Crippen molar-refractivity contribution >= 4 is 28.1 Å². The fourth-order valence-corrected chi connectivity index (χ4v) is 3.57. The lowest BCUT2D eigenvalue weighted by molar-refractivity contribution is 0.284. The van der Waals surface area contributed by atoms with E-state index in [0.29, 0.717) is 0 Å². The normalized spacial score (nSPS) is 12.4. The summed E-state index contributed by atoms with van der Waals surface area (Å²) >= 11 is 7.84. The highest BCUT2D eigenvalue weighted by atomic mass is 35.5. The zero-order chi connectivity index (χ0) is 15.4. The maximum absolute atomic E-state index is 9.47. The minimum absolute atomic E-state index is 0.0569. The number of hydrogen-bond donors (Lipinski definition) is 1. The third-order valence-corrected chi connectivity index (χ3v) is 5.15. The van der Waals surface area contributed by atoms with Gasteiger partial charge in [0.05, 0.1) is 23.2 Å². The van der Waals surface area contributed by atoms with Crippen LogP contribution in [0.4, 0.5) is 5.13 Å². The summed E-state index contributed by atoms with van der Waals surface area (Å²) in [5.74, 6) is 0. The van der Waals surface area contributed by atoms with Crippen LogP contribution in [0.25, 0.3) is 0 Å². The van der Waals surface area contributed by atoms with Crippen LogP contribution in [0.2, 0.25) is 5.02 Å². The molecule has 1 N–H and O–H groups in total. The number of aromatic nitrogens is 1. The monoisotopic (exact) mass is 324 g/mol. The second-order valence-electron chi connectivity index (χ2n) is 5.08. The number of thiazole rings is 1. The van der Waals surface area contributed by atoms with Crippen molar-refractivity contribution in [1.29, 1.82) is 0 Å². The van der Waals surface area contributed by atoms with Crippen molar-refractivity contribution in [2.75, 3.05) is 11.9 Å². The van der Waals surface area contributed by atoms with Crippen LogP contribution in [-0.4, -0.2) is 17.1 Å². The molecule has 1 atom stereocenters. The first-order chi connectivity index (χ1) is 10.1. The average molecular weight is 325 g/mol. The minimum atomic E-state index is 0.0569. The third kappa shape index (κ3) is 3.57. The molecule has 1 aromatic heterocycles. The summed E-state index contributed by atoms with van der Waals surface area (Å²) in [5.41, 5.74) is 2.10. The standard InChI is InChI=1S/C16H21ClN2OS/c1-4-7-14-15(10-20)21-16(18-14)19(3)11(2)12-8-5-6-9-13(12)17/h5-6,8-9,11,20H,4,7,10H2,1-3H3. The molecule has 0 saturated heterocycles. The summed E-state index contributed by atoms with van der Waals surface area (Å²) in [6, 6.07) is 8.01. The van der Waals surface area contributed by atoms with Gasteiger partial charge >= 0.3 is 0 Å². The summed E-state index contributed by atoms with van der Waals surface area (Å²) in [4.78, 5) is 7.77. The van der Waals surface area contributed by atoms with Crippen LogP contribution in [-0.2, 0) is 13.0 Å². The molecule has 0 spiro atoms. The van der Waals surface area contributed by atoms with Crippen molar-refractivity contribution in [1.82, 2.24) is 4.98 Å². The summed E-state index contributed by atoms with van der Waals surface area (Å²) in [5, 5.41) is 11.2. The lowest BCUT2D eigenvalue weighted by Gasteiger charge is -2.25. The summed E-state index contributed by atoms with van der Waals surface area (Å²) in [7, 11) is 2.02. The number of nitrogens with zero attached hydrogens (tertiary/aromatic N) is 2. The van der Waals surface area contributed by atoms with Gasteiger partial charge in [0.2, 0.25) is 0 Å². The second-order valence-corrected chi connectivity index (χ2v) is 6.55. The third-order valence-electron chi connectivity index (χ3n) is 3.64. The first-order valence-corrected chi connectivity index (χ1v) is 8.34. The summed E-state index contributed by atoms with van der Waals surface area (Å²) < 4.78 is 0. The molecule has 0 bridgehead atoms. The summed E-state index contributed by atoms with van der Waals surface area (Å²) in [6.45, 7) is 4.29. The van der Waals surface area contributed by atoms with E-state index in [1.165, 1.54) is 0 Å². The van der Waals surface area contributed by atoms with Gasteiger partial charge in [-0.15, -0.1) is 0 Å². The van der Waals surface area contributed by atoms with Crippen molar-refractivity contribution < 1.29 is 5.11 Å².